The van der Waals surface area contributed by atoms with Gasteiger partial charge in [-0.15, -0.1) is 0 Å². The van der Waals surface area contributed by atoms with E-state index < -0.39 is 0 Å². The van der Waals surface area contributed by atoms with Gasteiger partial charge in [0.2, 0.25) is 0 Å². The van der Waals surface area contributed by atoms with Gasteiger partial charge in [0.25, 0.3) is 0 Å². The van der Waals surface area contributed by atoms with Gasteiger partial charge in [-0.2, -0.15) is 0 Å². The van der Waals surface area contributed by atoms with Crippen molar-refractivity contribution in [1.82, 2.24) is 15.8 Å². The van der Waals surface area contributed by atoms with Crippen molar-refractivity contribution in [3.8, 4) is 0 Å². The van der Waals surface area contributed by atoms with Gasteiger partial charge in [0, 0.05) is 32.2 Å². The summed E-state index contributed by atoms with van der Waals surface area (Å²) < 4.78 is 11.4. The van der Waals surface area contributed by atoms with Crippen molar-refractivity contribution < 1.29 is 9.26 Å². The number of nitrogens with one attached hydrogen (secondary N) is 2. The Kier molecular flexibility index (Phi) is 6.87. The van der Waals surface area contributed by atoms with Gasteiger partial charge in [0.15, 0.2) is 11.7 Å². The normalized spacial score (nSPS) is 20.7. The van der Waals surface area contributed by atoms with Crippen LogP contribution in [-0.2, 0) is 11.3 Å². The fourth-order valence-electron chi connectivity index (χ4n) is 3.37. The lowest BCUT2D eigenvalue weighted by Crippen LogP contribution is -2.41. The van der Waals surface area contributed by atoms with Crippen LogP contribution in [-0.4, -0.2) is 31.3 Å². The van der Waals surface area contributed by atoms with Gasteiger partial charge in [-0.3, -0.25) is 4.99 Å². The quantitative estimate of drug-likeness (QED) is 0.600. The third-order valence-corrected chi connectivity index (χ3v) is 4.93. The van der Waals surface area contributed by atoms with Gasteiger partial charge in [-0.1, -0.05) is 49.3 Å². The second-order valence-corrected chi connectivity index (χ2v) is 7.28. The van der Waals surface area contributed by atoms with Crippen molar-refractivity contribution in [2.45, 2.75) is 45.3 Å². The summed E-state index contributed by atoms with van der Waals surface area (Å²) in [5.74, 6) is 2.35. The van der Waals surface area contributed by atoms with E-state index in [1.807, 2.05) is 12.1 Å². The number of rotatable bonds is 6. The number of hydrogen-bond donors (Lipinski definition) is 2. The molecule has 1 aliphatic rings. The largest absolute Gasteiger partial charge is 0.373 e. The van der Waals surface area contributed by atoms with E-state index in [0.29, 0.717) is 18.4 Å². The van der Waals surface area contributed by atoms with Crippen molar-refractivity contribution in [3.63, 3.8) is 0 Å². The Morgan fingerprint density at radius 2 is 2.07 bits per heavy atom. The van der Waals surface area contributed by atoms with Gasteiger partial charge in [0.05, 0.1) is 18.3 Å². The van der Waals surface area contributed by atoms with Gasteiger partial charge in [-0.25, -0.2) is 0 Å². The predicted molar refractivity (Wildman–Crippen MR) is 107 cm³/mol. The first-order valence-corrected chi connectivity index (χ1v) is 9.74. The third-order valence-electron chi connectivity index (χ3n) is 4.93. The molecule has 0 radical (unpaired) electrons. The minimum Gasteiger partial charge on any atom is -0.373 e. The summed E-state index contributed by atoms with van der Waals surface area (Å²) in [4.78, 5) is 4.32. The van der Waals surface area contributed by atoms with Crippen LogP contribution in [0.3, 0.4) is 0 Å². The van der Waals surface area contributed by atoms with Crippen molar-refractivity contribution in [3.05, 3.63) is 53.4 Å². The van der Waals surface area contributed by atoms with Crippen LogP contribution in [0, 0.1) is 5.92 Å². The molecular formula is C21H30N4O2. The maximum atomic E-state index is 6.07. The molecule has 27 heavy (non-hydrogen) atoms. The van der Waals surface area contributed by atoms with Crippen LogP contribution in [0.5, 0.6) is 0 Å². The maximum Gasteiger partial charge on any atom is 0.191 e. The molecule has 2 unspecified atom stereocenters. The first kappa shape index (κ1) is 19.4. The highest BCUT2D eigenvalue weighted by Crippen LogP contribution is 2.33. The highest BCUT2D eigenvalue weighted by atomic mass is 16.5. The van der Waals surface area contributed by atoms with E-state index in [2.05, 4.69) is 58.9 Å². The Bertz CT molecular complexity index is 727. The Balaban J connectivity index is 1.53. The summed E-state index contributed by atoms with van der Waals surface area (Å²) in [6.07, 6.45) is 2.37. The van der Waals surface area contributed by atoms with E-state index in [9.17, 15) is 0 Å². The highest BCUT2D eigenvalue weighted by molar-refractivity contribution is 5.79. The predicted octanol–water partition coefficient (Wildman–Crippen LogP) is 3.63. The lowest BCUT2D eigenvalue weighted by molar-refractivity contribution is -0.0265. The molecule has 2 N–H and O–H groups in total. The highest BCUT2D eigenvalue weighted by Gasteiger charge is 2.27. The fraction of sp³-hybridized carbons (Fsp3) is 0.524. The molecule has 2 heterocycles. The van der Waals surface area contributed by atoms with Crippen molar-refractivity contribution >= 4 is 5.96 Å². The zero-order valence-corrected chi connectivity index (χ0v) is 16.4. The molecule has 1 aromatic heterocycles. The summed E-state index contributed by atoms with van der Waals surface area (Å²) in [5, 5.41) is 10.8. The zero-order chi connectivity index (χ0) is 19.1. The van der Waals surface area contributed by atoms with E-state index in [1.54, 1.807) is 7.05 Å². The van der Waals surface area contributed by atoms with Crippen molar-refractivity contribution in [1.29, 1.82) is 0 Å². The minimum atomic E-state index is 0.133. The van der Waals surface area contributed by atoms with Crippen LogP contribution < -0.4 is 10.6 Å². The molecule has 3 rings (SSSR count). The maximum absolute atomic E-state index is 6.07. The molecule has 0 spiro atoms. The zero-order valence-electron chi connectivity index (χ0n) is 16.4. The molecule has 2 aromatic rings. The number of guanidine groups is 1. The number of hydrogen-bond acceptors (Lipinski definition) is 4. The molecule has 1 fully saturated rings. The van der Waals surface area contributed by atoms with E-state index in [4.69, 9.17) is 9.26 Å². The van der Waals surface area contributed by atoms with Gasteiger partial charge in [-0.05, 0) is 24.3 Å². The summed E-state index contributed by atoms with van der Waals surface area (Å²) in [6.45, 7) is 6.40. The van der Waals surface area contributed by atoms with Crippen LogP contribution in [0.4, 0.5) is 0 Å². The van der Waals surface area contributed by atoms with E-state index >= 15 is 0 Å². The first-order chi connectivity index (χ1) is 13.2. The number of aromatic nitrogens is 1. The summed E-state index contributed by atoms with van der Waals surface area (Å²) in [6, 6.07) is 12.5. The standard InChI is InChI=1S/C21H30N4O2/c1-15(2)19-12-18(27-25-19)14-24-21(22-3)23-13-17-10-7-11-26-20(17)16-8-5-4-6-9-16/h4-6,8-9,12,15,17,20H,7,10-11,13-14H2,1-3H3,(H2,22,23,24). The topological polar surface area (TPSA) is 71.7 Å². The molecule has 1 aromatic carbocycles. The van der Waals surface area contributed by atoms with Crippen molar-refractivity contribution in [2.75, 3.05) is 20.2 Å². The Labute approximate surface area is 161 Å². The third kappa shape index (κ3) is 5.32. The van der Waals surface area contributed by atoms with E-state index in [1.165, 1.54) is 5.56 Å². The van der Waals surface area contributed by atoms with Gasteiger partial charge in [0.1, 0.15) is 0 Å². The average molecular weight is 370 g/mol. The molecule has 0 bridgehead atoms. The average Bonchev–Trinajstić information content (AvgIpc) is 3.18. The second-order valence-electron chi connectivity index (χ2n) is 7.28. The fourth-order valence-corrected chi connectivity index (χ4v) is 3.37. The molecule has 6 heteroatoms. The molecule has 146 valence electrons. The molecule has 2 atom stereocenters. The Morgan fingerprint density at radius 1 is 1.26 bits per heavy atom. The molecule has 0 aliphatic carbocycles. The number of benzene rings is 1. The summed E-state index contributed by atoms with van der Waals surface area (Å²) in [5.41, 5.74) is 2.22. The Morgan fingerprint density at radius 3 is 2.78 bits per heavy atom. The number of ether oxygens (including phenoxy) is 1. The SMILES string of the molecule is CN=C(NCc1cc(C(C)C)no1)NCC1CCCOC1c1ccccc1. The van der Waals surface area contributed by atoms with E-state index in [0.717, 1.165) is 43.4 Å². The molecule has 1 aliphatic heterocycles. The van der Waals surface area contributed by atoms with Crippen molar-refractivity contribution in [2.24, 2.45) is 10.9 Å². The van der Waals surface area contributed by atoms with Crippen LogP contribution in [0.2, 0.25) is 0 Å². The molecule has 1 saturated heterocycles. The van der Waals surface area contributed by atoms with Gasteiger partial charge < -0.3 is 19.9 Å². The molecule has 0 saturated carbocycles. The lowest BCUT2D eigenvalue weighted by atomic mass is 9.89. The van der Waals surface area contributed by atoms with Crippen LogP contribution >= 0.6 is 0 Å². The lowest BCUT2D eigenvalue weighted by Gasteiger charge is -2.32. The van der Waals surface area contributed by atoms with E-state index in [-0.39, 0.29) is 6.10 Å². The monoisotopic (exact) mass is 370 g/mol. The molecule has 0 amide bonds. The second kappa shape index (κ2) is 9.55. The minimum absolute atomic E-state index is 0.133. The Hall–Kier alpha value is -2.34. The summed E-state index contributed by atoms with van der Waals surface area (Å²) in [7, 11) is 1.78. The molecule has 6 nitrogen and oxygen atoms in total. The first-order valence-electron chi connectivity index (χ1n) is 9.74. The van der Waals surface area contributed by atoms with Crippen LogP contribution in [0.25, 0.3) is 0 Å². The number of aliphatic imine (C=N–C) groups is 1. The summed E-state index contributed by atoms with van der Waals surface area (Å²) >= 11 is 0. The van der Waals surface area contributed by atoms with Crippen LogP contribution in [0.15, 0.2) is 45.9 Å². The smallest absolute Gasteiger partial charge is 0.191 e. The number of nitrogens with zero attached hydrogens (tertiary/aromatic N) is 2. The molecular weight excluding hydrogens is 340 g/mol. The van der Waals surface area contributed by atoms with Gasteiger partial charge >= 0.3 is 0 Å². The van der Waals surface area contributed by atoms with Crippen LogP contribution in [0.1, 0.15) is 55.7 Å².